The van der Waals surface area contributed by atoms with Gasteiger partial charge in [0.2, 0.25) is 11.8 Å². The van der Waals surface area contributed by atoms with E-state index >= 15 is 0 Å². The predicted octanol–water partition coefficient (Wildman–Crippen LogP) is 0.554. The third-order valence-electron chi connectivity index (χ3n) is 4.72. The number of rotatable bonds is 2. The Bertz CT molecular complexity index is 616. The number of thiazole rings is 1. The van der Waals surface area contributed by atoms with Gasteiger partial charge in [-0.2, -0.15) is 0 Å². The number of ether oxygens (including phenoxy) is 1. The molecule has 4 rings (SSSR count). The summed E-state index contributed by atoms with van der Waals surface area (Å²) >= 11 is 1.55. The van der Waals surface area contributed by atoms with Gasteiger partial charge in [0.05, 0.1) is 36.2 Å². The lowest BCUT2D eigenvalue weighted by molar-refractivity contribution is -0.139. The average molecular weight is 307 g/mol. The van der Waals surface area contributed by atoms with Gasteiger partial charge >= 0.3 is 0 Å². The monoisotopic (exact) mass is 307 g/mol. The first-order valence-corrected chi connectivity index (χ1v) is 8.13. The number of hydrogen-bond acceptors (Lipinski definition) is 5. The smallest absolute Gasteiger partial charge is 0.229 e. The number of aryl methyl sites for hydroxylation is 1. The number of hydrogen-bond donors (Lipinski definition) is 0. The molecule has 0 saturated carbocycles. The molecule has 6 nitrogen and oxygen atoms in total. The number of carbonyl (C=O) groups is 2. The second-order valence-electron chi connectivity index (χ2n) is 5.83. The summed E-state index contributed by atoms with van der Waals surface area (Å²) in [6.45, 7) is 3.83. The van der Waals surface area contributed by atoms with Gasteiger partial charge < -0.3 is 14.5 Å². The van der Waals surface area contributed by atoms with Crippen LogP contribution in [0, 0.1) is 6.92 Å². The summed E-state index contributed by atoms with van der Waals surface area (Å²) in [5.74, 6) is 0.159. The van der Waals surface area contributed by atoms with Crippen molar-refractivity contribution < 1.29 is 14.3 Å². The van der Waals surface area contributed by atoms with Crippen molar-refractivity contribution in [3.8, 4) is 0 Å². The molecule has 21 heavy (non-hydrogen) atoms. The SMILES string of the molecule is Cc1nc(CC(=O)N2CC[C@@]34OCCN3C(=O)C[C@@H]24)cs1. The van der Waals surface area contributed by atoms with Crippen molar-refractivity contribution in [3.05, 3.63) is 16.1 Å². The molecule has 0 N–H and O–H groups in total. The van der Waals surface area contributed by atoms with Crippen LogP contribution in [0.2, 0.25) is 0 Å². The summed E-state index contributed by atoms with van der Waals surface area (Å²) in [5.41, 5.74) is 0.280. The van der Waals surface area contributed by atoms with Crippen molar-refractivity contribution in [1.29, 1.82) is 0 Å². The maximum atomic E-state index is 12.6. The van der Waals surface area contributed by atoms with Crippen LogP contribution in [0.4, 0.5) is 0 Å². The lowest BCUT2D eigenvalue weighted by atomic mass is 10.1. The molecule has 2 atom stereocenters. The Morgan fingerprint density at radius 3 is 3.19 bits per heavy atom. The number of likely N-dealkylation sites (tertiary alicyclic amines) is 1. The van der Waals surface area contributed by atoms with Crippen molar-refractivity contribution in [2.45, 2.75) is 38.0 Å². The third-order valence-corrected chi connectivity index (χ3v) is 5.54. The van der Waals surface area contributed by atoms with Crippen LogP contribution in [0.25, 0.3) is 0 Å². The first kappa shape index (κ1) is 13.2. The number of amides is 2. The van der Waals surface area contributed by atoms with Gasteiger partial charge in [-0.25, -0.2) is 4.98 Å². The van der Waals surface area contributed by atoms with Crippen LogP contribution < -0.4 is 0 Å². The number of nitrogens with zero attached hydrogens (tertiary/aromatic N) is 3. The molecule has 112 valence electrons. The first-order chi connectivity index (χ1) is 10.1. The molecular formula is C14H17N3O3S. The molecule has 0 aromatic carbocycles. The standard InChI is InChI=1S/C14H17N3O3S/c1-9-15-10(8-21-9)6-12(18)16-3-2-14-11(16)7-13(19)17(14)4-5-20-14/h8,11H,2-7H2,1H3/t11-,14+/m1/s1. The van der Waals surface area contributed by atoms with Gasteiger partial charge in [-0.15, -0.1) is 11.3 Å². The molecular weight excluding hydrogens is 290 g/mol. The fraction of sp³-hybridized carbons (Fsp3) is 0.643. The maximum absolute atomic E-state index is 12.6. The largest absolute Gasteiger partial charge is 0.351 e. The molecule has 0 bridgehead atoms. The van der Waals surface area contributed by atoms with E-state index < -0.39 is 5.72 Å². The Kier molecular flexibility index (Phi) is 2.84. The summed E-state index contributed by atoms with van der Waals surface area (Å²) in [5, 5.41) is 2.90. The lowest BCUT2D eigenvalue weighted by Crippen LogP contribution is -2.49. The van der Waals surface area contributed by atoms with Crippen LogP contribution in [0.5, 0.6) is 0 Å². The van der Waals surface area contributed by atoms with Crippen molar-refractivity contribution in [3.63, 3.8) is 0 Å². The molecule has 1 aromatic rings. The minimum Gasteiger partial charge on any atom is -0.351 e. The Hall–Kier alpha value is -1.47. The van der Waals surface area contributed by atoms with Gasteiger partial charge in [-0.05, 0) is 6.92 Å². The Balaban J connectivity index is 1.54. The predicted molar refractivity (Wildman–Crippen MR) is 75.7 cm³/mol. The van der Waals surface area contributed by atoms with Gasteiger partial charge in [0, 0.05) is 24.9 Å². The summed E-state index contributed by atoms with van der Waals surface area (Å²) in [6.07, 6.45) is 1.43. The van der Waals surface area contributed by atoms with Crippen LogP contribution >= 0.6 is 11.3 Å². The Morgan fingerprint density at radius 2 is 2.43 bits per heavy atom. The molecule has 0 aliphatic carbocycles. The van der Waals surface area contributed by atoms with Gasteiger partial charge in [-0.3, -0.25) is 9.59 Å². The van der Waals surface area contributed by atoms with E-state index in [2.05, 4.69) is 4.98 Å². The first-order valence-electron chi connectivity index (χ1n) is 7.25. The number of aromatic nitrogens is 1. The van der Waals surface area contributed by atoms with Crippen molar-refractivity contribution in [1.82, 2.24) is 14.8 Å². The van der Waals surface area contributed by atoms with E-state index in [-0.39, 0.29) is 17.9 Å². The van der Waals surface area contributed by atoms with E-state index in [4.69, 9.17) is 4.74 Å². The molecule has 2 amide bonds. The average Bonchev–Trinajstić information content (AvgIpc) is 3.15. The van der Waals surface area contributed by atoms with Crippen molar-refractivity contribution >= 4 is 23.2 Å². The molecule has 3 aliphatic heterocycles. The molecule has 3 aliphatic rings. The second-order valence-corrected chi connectivity index (χ2v) is 6.89. The summed E-state index contributed by atoms with van der Waals surface area (Å²) in [4.78, 5) is 32.7. The van der Waals surface area contributed by atoms with Crippen LogP contribution in [-0.2, 0) is 20.7 Å². The molecule has 1 spiro atoms. The molecule has 4 heterocycles. The highest BCUT2D eigenvalue weighted by Gasteiger charge is 2.62. The van der Waals surface area contributed by atoms with E-state index in [0.29, 0.717) is 32.5 Å². The van der Waals surface area contributed by atoms with Crippen LogP contribution in [0.1, 0.15) is 23.5 Å². The van der Waals surface area contributed by atoms with Gasteiger partial charge in [-0.1, -0.05) is 0 Å². The summed E-state index contributed by atoms with van der Waals surface area (Å²) in [6, 6.07) is -0.125. The van der Waals surface area contributed by atoms with Crippen LogP contribution in [0.15, 0.2) is 5.38 Å². The Morgan fingerprint density at radius 1 is 1.57 bits per heavy atom. The van der Waals surface area contributed by atoms with Gasteiger partial charge in [0.15, 0.2) is 5.72 Å². The summed E-state index contributed by atoms with van der Waals surface area (Å²) < 4.78 is 5.89. The normalized spacial score (nSPS) is 30.9. The minimum absolute atomic E-state index is 0.0484. The zero-order valence-corrected chi connectivity index (χ0v) is 12.7. The molecule has 0 unspecified atom stereocenters. The molecule has 3 fully saturated rings. The molecule has 3 saturated heterocycles. The van der Waals surface area contributed by atoms with E-state index in [0.717, 1.165) is 17.1 Å². The van der Waals surface area contributed by atoms with E-state index in [1.807, 2.05) is 22.1 Å². The van der Waals surface area contributed by atoms with E-state index in [9.17, 15) is 9.59 Å². The van der Waals surface area contributed by atoms with E-state index in [1.54, 1.807) is 11.3 Å². The fourth-order valence-electron chi connectivity index (χ4n) is 3.84. The molecule has 1 aromatic heterocycles. The van der Waals surface area contributed by atoms with Gasteiger partial charge in [0.25, 0.3) is 0 Å². The highest BCUT2D eigenvalue weighted by Crippen LogP contribution is 2.45. The lowest BCUT2D eigenvalue weighted by Gasteiger charge is -2.31. The summed E-state index contributed by atoms with van der Waals surface area (Å²) in [7, 11) is 0. The Labute approximate surface area is 126 Å². The van der Waals surface area contributed by atoms with Gasteiger partial charge in [0.1, 0.15) is 0 Å². The quantitative estimate of drug-likeness (QED) is 0.801. The zero-order valence-electron chi connectivity index (χ0n) is 11.9. The van der Waals surface area contributed by atoms with Crippen LogP contribution in [0.3, 0.4) is 0 Å². The highest BCUT2D eigenvalue weighted by molar-refractivity contribution is 7.09. The third kappa shape index (κ3) is 1.83. The molecule has 0 radical (unpaired) electrons. The number of carbonyl (C=O) groups excluding carboxylic acids is 2. The van der Waals surface area contributed by atoms with Crippen molar-refractivity contribution in [2.24, 2.45) is 0 Å². The zero-order chi connectivity index (χ0) is 14.6. The topological polar surface area (TPSA) is 62.7 Å². The fourth-order valence-corrected chi connectivity index (χ4v) is 4.45. The highest BCUT2D eigenvalue weighted by atomic mass is 32.1. The van der Waals surface area contributed by atoms with Crippen molar-refractivity contribution in [2.75, 3.05) is 19.7 Å². The van der Waals surface area contributed by atoms with E-state index in [1.165, 1.54) is 0 Å². The maximum Gasteiger partial charge on any atom is 0.229 e. The second kappa shape index (κ2) is 4.51. The minimum atomic E-state index is -0.537. The molecule has 7 heteroatoms. The van der Waals surface area contributed by atoms with Crippen LogP contribution in [-0.4, -0.2) is 58.1 Å².